The van der Waals surface area contributed by atoms with Gasteiger partial charge in [-0.2, -0.15) is 0 Å². The number of rotatable bonds is 5. The minimum Gasteiger partial charge on any atom is -0.390 e. The van der Waals surface area contributed by atoms with E-state index in [1.807, 2.05) is 5.32 Å². The van der Waals surface area contributed by atoms with Crippen LogP contribution in [0.25, 0.3) is 0 Å². The topological polar surface area (TPSA) is 81.7 Å². The van der Waals surface area contributed by atoms with Gasteiger partial charge in [0.05, 0.1) is 12.2 Å². The van der Waals surface area contributed by atoms with Crippen LogP contribution in [0.1, 0.15) is 12.8 Å². The zero-order valence-electron chi connectivity index (χ0n) is 12.8. The van der Waals surface area contributed by atoms with Crippen LogP contribution in [0.2, 0.25) is 0 Å². The van der Waals surface area contributed by atoms with Crippen LogP contribution in [0.15, 0.2) is 24.3 Å². The molecule has 1 fully saturated rings. The summed E-state index contributed by atoms with van der Waals surface area (Å²) >= 11 is 0. The van der Waals surface area contributed by atoms with E-state index in [-0.39, 0.29) is 5.69 Å². The molecule has 0 saturated carbocycles. The number of hydrogen-bond acceptors (Lipinski definition) is 3. The second kappa shape index (κ2) is 7.52. The summed E-state index contributed by atoms with van der Waals surface area (Å²) in [6.07, 6.45) is 0.853. The fraction of sp³-hybridized carbons (Fsp3) is 0.467. The van der Waals surface area contributed by atoms with E-state index in [1.54, 1.807) is 6.07 Å². The second-order valence-corrected chi connectivity index (χ2v) is 5.48. The fourth-order valence-corrected chi connectivity index (χ4v) is 2.39. The molecule has 3 N–H and O–H groups in total. The van der Waals surface area contributed by atoms with Gasteiger partial charge in [-0.3, -0.25) is 4.79 Å². The van der Waals surface area contributed by atoms with Crippen LogP contribution in [0.3, 0.4) is 0 Å². The maximum absolute atomic E-state index is 13.8. The van der Waals surface area contributed by atoms with E-state index in [1.165, 1.54) is 23.1 Å². The van der Waals surface area contributed by atoms with E-state index in [0.29, 0.717) is 19.4 Å². The number of nitrogens with one attached hydrogen (secondary N) is 2. The lowest BCUT2D eigenvalue weighted by Gasteiger charge is -2.32. The van der Waals surface area contributed by atoms with Crippen LogP contribution in [0.5, 0.6) is 0 Å². The number of aliphatic hydroxyl groups excluding tert-OH is 1. The number of nitrogens with zero attached hydrogens (tertiary/aromatic N) is 1. The number of carbonyl (C=O) groups is 2. The Balaban J connectivity index is 1.98. The molecule has 1 aromatic carbocycles. The van der Waals surface area contributed by atoms with Gasteiger partial charge in [0.2, 0.25) is 5.91 Å². The maximum atomic E-state index is 13.8. The Morgan fingerprint density at radius 2 is 2.08 bits per heavy atom. The molecule has 1 saturated heterocycles. The van der Waals surface area contributed by atoms with Gasteiger partial charge in [-0.15, -0.1) is 0 Å². The van der Waals surface area contributed by atoms with Crippen LogP contribution in [0.4, 0.5) is 23.7 Å². The number of alkyl halides is 2. The van der Waals surface area contributed by atoms with Gasteiger partial charge in [0.1, 0.15) is 18.5 Å². The van der Waals surface area contributed by atoms with Gasteiger partial charge in [-0.1, -0.05) is 12.1 Å². The van der Waals surface area contributed by atoms with Crippen molar-refractivity contribution in [2.24, 2.45) is 0 Å². The highest BCUT2D eigenvalue weighted by Gasteiger charge is 2.33. The Kier molecular flexibility index (Phi) is 5.66. The molecule has 0 radical (unpaired) electrons. The highest BCUT2D eigenvalue weighted by atomic mass is 19.3. The monoisotopic (exact) mass is 345 g/mol. The van der Waals surface area contributed by atoms with Crippen molar-refractivity contribution in [1.29, 1.82) is 0 Å². The van der Waals surface area contributed by atoms with Gasteiger partial charge >= 0.3 is 6.03 Å². The third kappa shape index (κ3) is 4.38. The third-order valence-corrected chi connectivity index (χ3v) is 3.63. The quantitative estimate of drug-likeness (QED) is 0.751. The van der Waals surface area contributed by atoms with E-state index in [4.69, 9.17) is 5.11 Å². The number of benzene rings is 1. The summed E-state index contributed by atoms with van der Waals surface area (Å²) in [5.74, 6) is -4.50. The Labute approximate surface area is 136 Å². The Morgan fingerprint density at radius 1 is 1.38 bits per heavy atom. The molecule has 1 atom stereocenters. The number of piperidine rings is 1. The molecule has 0 bridgehead atoms. The van der Waals surface area contributed by atoms with E-state index < -0.39 is 42.9 Å². The highest BCUT2D eigenvalue weighted by molar-refractivity contribution is 5.99. The predicted octanol–water partition coefficient (Wildman–Crippen LogP) is 1.25. The molecule has 0 unspecified atom stereocenters. The van der Waals surface area contributed by atoms with Crippen molar-refractivity contribution in [3.63, 3.8) is 0 Å². The smallest absolute Gasteiger partial charge is 0.315 e. The van der Waals surface area contributed by atoms with Crippen molar-refractivity contribution in [3.8, 4) is 0 Å². The van der Waals surface area contributed by atoms with Crippen molar-refractivity contribution < 1.29 is 27.9 Å². The fourth-order valence-electron chi connectivity index (χ4n) is 2.39. The molecule has 0 spiro atoms. The summed E-state index contributed by atoms with van der Waals surface area (Å²) in [5, 5.41) is 12.6. The molecule has 1 aliphatic heterocycles. The molecule has 9 heteroatoms. The lowest BCUT2D eigenvalue weighted by Crippen LogP contribution is -2.55. The molecular formula is C15H18F3N3O3. The first-order chi connectivity index (χ1) is 11.3. The minimum atomic E-state index is -3.44. The number of amides is 3. The molecule has 0 aromatic heterocycles. The number of anilines is 1. The molecule has 24 heavy (non-hydrogen) atoms. The van der Waals surface area contributed by atoms with E-state index in [2.05, 4.69) is 5.32 Å². The number of urea groups is 1. The zero-order valence-corrected chi connectivity index (χ0v) is 12.8. The number of para-hydroxylation sites is 1. The first kappa shape index (κ1) is 18.1. The molecule has 1 aliphatic rings. The SMILES string of the molecule is O=C(NCC(F)(F)CO)N[C@@H]1CCCN(c2ccccc2F)C1=O. The summed E-state index contributed by atoms with van der Waals surface area (Å²) in [5.41, 5.74) is 0.112. The lowest BCUT2D eigenvalue weighted by atomic mass is 10.0. The molecule has 6 nitrogen and oxygen atoms in total. The summed E-state index contributed by atoms with van der Waals surface area (Å²) in [7, 11) is 0. The van der Waals surface area contributed by atoms with E-state index in [9.17, 15) is 22.8 Å². The minimum absolute atomic E-state index is 0.112. The van der Waals surface area contributed by atoms with Crippen molar-refractivity contribution in [1.82, 2.24) is 10.6 Å². The molecule has 1 aromatic rings. The van der Waals surface area contributed by atoms with Crippen LogP contribution in [0, 0.1) is 5.82 Å². The van der Waals surface area contributed by atoms with Gasteiger partial charge in [0.15, 0.2) is 0 Å². The number of aliphatic hydroxyl groups is 1. The summed E-state index contributed by atoms with van der Waals surface area (Å²) < 4.78 is 39.6. The van der Waals surface area contributed by atoms with Crippen molar-refractivity contribution in [3.05, 3.63) is 30.1 Å². The number of hydrogen-bond donors (Lipinski definition) is 3. The average Bonchev–Trinajstić information content (AvgIpc) is 2.56. The number of carbonyl (C=O) groups excluding carboxylic acids is 2. The molecule has 1 heterocycles. The van der Waals surface area contributed by atoms with Gasteiger partial charge in [0.25, 0.3) is 5.92 Å². The van der Waals surface area contributed by atoms with E-state index >= 15 is 0 Å². The highest BCUT2D eigenvalue weighted by Crippen LogP contribution is 2.23. The Hall–Kier alpha value is -2.29. The average molecular weight is 345 g/mol. The molecule has 132 valence electrons. The zero-order chi connectivity index (χ0) is 17.7. The Bertz CT molecular complexity index is 613. The number of halogens is 3. The van der Waals surface area contributed by atoms with Crippen molar-refractivity contribution in [2.75, 3.05) is 24.6 Å². The first-order valence-electron chi connectivity index (χ1n) is 7.43. The molecule has 2 rings (SSSR count). The van der Waals surface area contributed by atoms with Crippen molar-refractivity contribution in [2.45, 2.75) is 24.8 Å². The van der Waals surface area contributed by atoms with Crippen LogP contribution in [-0.4, -0.2) is 48.7 Å². The summed E-state index contributed by atoms with van der Waals surface area (Å²) in [6, 6.07) is 3.89. The van der Waals surface area contributed by atoms with Gasteiger partial charge in [-0.05, 0) is 25.0 Å². The van der Waals surface area contributed by atoms with Crippen LogP contribution >= 0.6 is 0 Å². The molecule has 3 amide bonds. The molecular weight excluding hydrogens is 327 g/mol. The Morgan fingerprint density at radius 3 is 2.75 bits per heavy atom. The van der Waals surface area contributed by atoms with Crippen molar-refractivity contribution >= 4 is 17.6 Å². The van der Waals surface area contributed by atoms with Gasteiger partial charge < -0.3 is 20.6 Å². The second-order valence-electron chi connectivity index (χ2n) is 5.48. The lowest BCUT2D eigenvalue weighted by molar-refractivity contribution is -0.121. The largest absolute Gasteiger partial charge is 0.390 e. The van der Waals surface area contributed by atoms with Crippen LogP contribution in [-0.2, 0) is 4.79 Å². The summed E-state index contributed by atoms with van der Waals surface area (Å²) in [4.78, 5) is 25.3. The molecule has 0 aliphatic carbocycles. The first-order valence-corrected chi connectivity index (χ1v) is 7.43. The van der Waals surface area contributed by atoms with Crippen LogP contribution < -0.4 is 15.5 Å². The third-order valence-electron chi connectivity index (χ3n) is 3.63. The normalized spacial score (nSPS) is 18.4. The standard InChI is InChI=1S/C15H18F3N3O3/c16-10-4-1-2-6-12(10)21-7-3-5-11(13(21)23)20-14(24)19-8-15(17,18)9-22/h1-2,4,6,11,22H,3,5,7-9H2,(H2,19,20,24)/t11-/m1/s1. The van der Waals surface area contributed by atoms with Gasteiger partial charge in [-0.25, -0.2) is 18.0 Å². The summed E-state index contributed by atoms with van der Waals surface area (Å²) in [6.45, 7) is -2.13. The van der Waals surface area contributed by atoms with Gasteiger partial charge in [0, 0.05) is 6.54 Å². The predicted molar refractivity (Wildman–Crippen MR) is 80.3 cm³/mol. The maximum Gasteiger partial charge on any atom is 0.315 e. The van der Waals surface area contributed by atoms with E-state index in [0.717, 1.165) is 0 Å².